The second-order valence-corrected chi connectivity index (χ2v) is 5.43. The molecule has 3 nitrogen and oxygen atoms in total. The van der Waals surface area contributed by atoms with E-state index in [0.29, 0.717) is 5.92 Å². The zero-order chi connectivity index (χ0) is 12.3. The number of rotatable bonds is 4. The average molecular weight is 236 g/mol. The summed E-state index contributed by atoms with van der Waals surface area (Å²) < 4.78 is 0. The predicted octanol–water partition coefficient (Wildman–Crippen LogP) is 2.90. The van der Waals surface area contributed by atoms with Gasteiger partial charge in [-0.25, -0.2) is 0 Å². The Labute approximate surface area is 104 Å². The van der Waals surface area contributed by atoms with Gasteiger partial charge in [0, 0.05) is 5.92 Å². The number of amidine groups is 1. The Morgan fingerprint density at radius 2 is 1.94 bits per heavy atom. The molecule has 1 N–H and O–H groups in total. The fraction of sp³-hybridized carbons (Fsp3) is 0.857. The standard InChI is InChI=1S/C14H24N2O/c1-3-5-10-6-8-11(9-7-10)13-15-12(4-2)14(17)16-13/h10-12H,3-9H2,1-2H3,(H,15,16,17). The van der Waals surface area contributed by atoms with Crippen molar-refractivity contribution in [2.45, 2.75) is 64.8 Å². The molecule has 0 aromatic carbocycles. The molecule has 0 aromatic heterocycles. The quantitative estimate of drug-likeness (QED) is 0.801. The fourth-order valence-electron chi connectivity index (χ4n) is 3.09. The fourth-order valence-corrected chi connectivity index (χ4v) is 3.09. The van der Waals surface area contributed by atoms with Crippen LogP contribution in [-0.4, -0.2) is 17.8 Å². The van der Waals surface area contributed by atoms with Gasteiger partial charge in [0.1, 0.15) is 11.9 Å². The summed E-state index contributed by atoms with van der Waals surface area (Å²) in [5, 5.41) is 2.98. The first-order chi connectivity index (χ1) is 8.24. The molecule has 0 radical (unpaired) electrons. The third-order valence-corrected chi connectivity index (χ3v) is 4.17. The van der Waals surface area contributed by atoms with E-state index in [1.807, 2.05) is 6.92 Å². The van der Waals surface area contributed by atoms with E-state index in [0.717, 1.165) is 18.2 Å². The molecule has 1 aliphatic heterocycles. The molecule has 3 heteroatoms. The molecule has 0 aromatic rings. The van der Waals surface area contributed by atoms with Crippen molar-refractivity contribution in [2.24, 2.45) is 16.8 Å². The molecule has 1 amide bonds. The molecule has 96 valence electrons. The number of nitrogens with zero attached hydrogens (tertiary/aromatic N) is 1. The van der Waals surface area contributed by atoms with Crippen LogP contribution >= 0.6 is 0 Å². The maximum absolute atomic E-state index is 11.6. The van der Waals surface area contributed by atoms with E-state index in [4.69, 9.17) is 0 Å². The van der Waals surface area contributed by atoms with Crippen molar-refractivity contribution in [1.82, 2.24) is 5.32 Å². The van der Waals surface area contributed by atoms with Crippen molar-refractivity contribution >= 4 is 11.7 Å². The van der Waals surface area contributed by atoms with Crippen LogP contribution in [0.4, 0.5) is 0 Å². The number of hydrogen-bond acceptors (Lipinski definition) is 2. The van der Waals surface area contributed by atoms with Crippen molar-refractivity contribution in [3.63, 3.8) is 0 Å². The summed E-state index contributed by atoms with van der Waals surface area (Å²) in [7, 11) is 0. The van der Waals surface area contributed by atoms with Gasteiger partial charge in [-0.2, -0.15) is 0 Å². The summed E-state index contributed by atoms with van der Waals surface area (Å²) in [5.74, 6) is 2.52. The zero-order valence-corrected chi connectivity index (χ0v) is 11.0. The molecule has 17 heavy (non-hydrogen) atoms. The number of hydrogen-bond donors (Lipinski definition) is 1. The normalized spacial score (nSPS) is 33.4. The van der Waals surface area contributed by atoms with Gasteiger partial charge in [-0.1, -0.05) is 26.7 Å². The van der Waals surface area contributed by atoms with E-state index < -0.39 is 0 Å². The Kier molecular flexibility index (Phi) is 4.19. The van der Waals surface area contributed by atoms with Crippen LogP contribution in [0, 0.1) is 11.8 Å². The molecule has 1 heterocycles. The van der Waals surface area contributed by atoms with E-state index in [9.17, 15) is 4.79 Å². The van der Waals surface area contributed by atoms with Gasteiger partial charge in [-0.05, 0) is 38.0 Å². The van der Waals surface area contributed by atoms with Gasteiger partial charge in [-0.15, -0.1) is 0 Å². The topological polar surface area (TPSA) is 41.5 Å². The summed E-state index contributed by atoms with van der Waals surface area (Å²) >= 11 is 0. The van der Waals surface area contributed by atoms with E-state index in [2.05, 4.69) is 17.2 Å². The highest BCUT2D eigenvalue weighted by molar-refractivity contribution is 6.06. The van der Waals surface area contributed by atoms with Crippen LogP contribution in [-0.2, 0) is 4.79 Å². The van der Waals surface area contributed by atoms with Crippen molar-refractivity contribution < 1.29 is 4.79 Å². The van der Waals surface area contributed by atoms with Crippen LogP contribution in [0.15, 0.2) is 4.99 Å². The molecular formula is C14H24N2O. The van der Waals surface area contributed by atoms with Crippen LogP contribution in [0.2, 0.25) is 0 Å². The zero-order valence-electron chi connectivity index (χ0n) is 11.0. The molecule has 1 saturated carbocycles. The molecule has 0 spiro atoms. The first-order valence-corrected chi connectivity index (χ1v) is 7.13. The smallest absolute Gasteiger partial charge is 0.250 e. The molecule has 1 aliphatic carbocycles. The van der Waals surface area contributed by atoms with Crippen molar-refractivity contribution in [3.05, 3.63) is 0 Å². The summed E-state index contributed by atoms with van der Waals surface area (Å²) in [6.45, 7) is 4.29. The minimum atomic E-state index is -0.113. The summed E-state index contributed by atoms with van der Waals surface area (Å²) in [6.07, 6.45) is 8.52. The van der Waals surface area contributed by atoms with Crippen molar-refractivity contribution in [1.29, 1.82) is 0 Å². The van der Waals surface area contributed by atoms with Gasteiger partial charge in [0.25, 0.3) is 0 Å². The molecule has 0 bridgehead atoms. The number of carbonyl (C=O) groups excluding carboxylic acids is 1. The molecule has 1 atom stereocenters. The molecule has 1 fully saturated rings. The van der Waals surface area contributed by atoms with Gasteiger partial charge in [-0.3, -0.25) is 9.79 Å². The number of nitrogens with one attached hydrogen (secondary N) is 1. The van der Waals surface area contributed by atoms with Gasteiger partial charge in [0.2, 0.25) is 5.91 Å². The first kappa shape index (κ1) is 12.6. The lowest BCUT2D eigenvalue weighted by atomic mass is 9.79. The van der Waals surface area contributed by atoms with Crippen molar-refractivity contribution in [3.8, 4) is 0 Å². The van der Waals surface area contributed by atoms with Gasteiger partial charge >= 0.3 is 0 Å². The minimum absolute atomic E-state index is 0.109. The van der Waals surface area contributed by atoms with E-state index in [1.54, 1.807) is 0 Å². The third-order valence-electron chi connectivity index (χ3n) is 4.17. The highest BCUT2D eigenvalue weighted by Gasteiger charge is 2.31. The van der Waals surface area contributed by atoms with Crippen LogP contribution < -0.4 is 5.32 Å². The second kappa shape index (κ2) is 5.65. The average Bonchev–Trinajstić information content (AvgIpc) is 2.72. The molecule has 2 rings (SSSR count). The number of amides is 1. The molecule has 2 aliphatic rings. The van der Waals surface area contributed by atoms with Gasteiger partial charge in [0.15, 0.2) is 0 Å². The first-order valence-electron chi connectivity index (χ1n) is 7.13. The predicted molar refractivity (Wildman–Crippen MR) is 70.0 cm³/mol. The third kappa shape index (κ3) is 2.88. The van der Waals surface area contributed by atoms with Crippen LogP contribution in [0.3, 0.4) is 0 Å². The SMILES string of the molecule is CCCC1CCC(C2=NC(CC)C(=O)N2)CC1. The van der Waals surface area contributed by atoms with E-state index >= 15 is 0 Å². The lowest BCUT2D eigenvalue weighted by molar-refractivity contribution is -0.120. The maximum atomic E-state index is 11.6. The van der Waals surface area contributed by atoms with E-state index in [-0.39, 0.29) is 11.9 Å². The Balaban J connectivity index is 1.87. The second-order valence-electron chi connectivity index (χ2n) is 5.43. The van der Waals surface area contributed by atoms with Crippen LogP contribution in [0.5, 0.6) is 0 Å². The van der Waals surface area contributed by atoms with Crippen molar-refractivity contribution in [2.75, 3.05) is 0 Å². The van der Waals surface area contributed by atoms with Crippen LogP contribution in [0.25, 0.3) is 0 Å². The van der Waals surface area contributed by atoms with Crippen LogP contribution in [0.1, 0.15) is 58.8 Å². The number of carbonyl (C=O) groups is 1. The number of aliphatic imine (C=N–C) groups is 1. The Bertz CT molecular complexity index is 303. The summed E-state index contributed by atoms with van der Waals surface area (Å²) in [4.78, 5) is 16.1. The lowest BCUT2D eigenvalue weighted by Crippen LogP contribution is -2.34. The largest absolute Gasteiger partial charge is 0.312 e. The molecule has 1 unspecified atom stereocenters. The Morgan fingerprint density at radius 3 is 2.47 bits per heavy atom. The highest BCUT2D eigenvalue weighted by Crippen LogP contribution is 2.32. The van der Waals surface area contributed by atoms with Gasteiger partial charge in [0.05, 0.1) is 0 Å². The highest BCUT2D eigenvalue weighted by atomic mass is 16.2. The maximum Gasteiger partial charge on any atom is 0.250 e. The Hall–Kier alpha value is -0.860. The molecular weight excluding hydrogens is 212 g/mol. The van der Waals surface area contributed by atoms with E-state index in [1.165, 1.54) is 38.5 Å². The Morgan fingerprint density at radius 1 is 1.24 bits per heavy atom. The summed E-state index contributed by atoms with van der Waals surface area (Å²) in [6, 6.07) is -0.113. The minimum Gasteiger partial charge on any atom is -0.312 e. The lowest BCUT2D eigenvalue weighted by Gasteiger charge is -2.28. The van der Waals surface area contributed by atoms with Gasteiger partial charge < -0.3 is 5.32 Å². The monoisotopic (exact) mass is 236 g/mol. The summed E-state index contributed by atoms with van der Waals surface area (Å²) in [5.41, 5.74) is 0. The molecule has 0 saturated heterocycles.